The summed E-state index contributed by atoms with van der Waals surface area (Å²) in [7, 11) is 0. The van der Waals surface area contributed by atoms with E-state index in [0.29, 0.717) is 17.9 Å². The van der Waals surface area contributed by atoms with Gasteiger partial charge >= 0.3 is 0 Å². The zero-order chi connectivity index (χ0) is 17.3. The van der Waals surface area contributed by atoms with Gasteiger partial charge in [0, 0.05) is 37.8 Å². The molecule has 1 spiro atoms. The first-order valence-corrected chi connectivity index (χ1v) is 8.71. The van der Waals surface area contributed by atoms with E-state index >= 15 is 0 Å². The highest BCUT2D eigenvalue weighted by Crippen LogP contribution is 2.33. The molecule has 1 amide bonds. The first-order valence-electron chi connectivity index (χ1n) is 8.71. The van der Waals surface area contributed by atoms with Gasteiger partial charge in [0.1, 0.15) is 17.2 Å². The molecule has 0 aliphatic carbocycles. The number of para-hydroxylation sites is 1. The second-order valence-electron chi connectivity index (χ2n) is 6.85. The van der Waals surface area contributed by atoms with Crippen molar-refractivity contribution in [3.05, 3.63) is 53.6 Å². The van der Waals surface area contributed by atoms with Crippen molar-refractivity contribution < 1.29 is 9.53 Å². The molecule has 1 aromatic heterocycles. The number of hydrogen-bond donors (Lipinski definition) is 1. The Hall–Kier alpha value is -2.47. The Morgan fingerprint density at radius 1 is 1.24 bits per heavy atom. The van der Waals surface area contributed by atoms with E-state index in [2.05, 4.69) is 20.2 Å². The van der Waals surface area contributed by atoms with Gasteiger partial charge in [-0.05, 0) is 25.1 Å². The Kier molecular flexibility index (Phi) is 4.13. The number of nitrogens with one attached hydrogen (secondary N) is 1. The predicted molar refractivity (Wildman–Crippen MR) is 93.4 cm³/mol. The molecule has 2 aliphatic heterocycles. The SMILES string of the molecule is Cc1ccnc(CN2CCC3(CC2)CNC(=O)c2ccccc2O3)n1. The van der Waals surface area contributed by atoms with Gasteiger partial charge in [0.25, 0.3) is 5.91 Å². The standard InChI is InChI=1S/C19H22N4O2/c1-14-6-9-20-17(22-14)12-23-10-7-19(8-11-23)13-21-18(24)15-4-2-3-5-16(15)25-19/h2-6,9H,7-8,10-13H2,1H3,(H,21,24). The monoisotopic (exact) mass is 338 g/mol. The fourth-order valence-corrected chi connectivity index (χ4v) is 3.52. The molecular weight excluding hydrogens is 316 g/mol. The Bertz CT molecular complexity index is 784. The highest BCUT2D eigenvalue weighted by molar-refractivity contribution is 5.97. The lowest BCUT2D eigenvalue weighted by Gasteiger charge is -2.40. The van der Waals surface area contributed by atoms with Gasteiger partial charge in [-0.15, -0.1) is 0 Å². The molecule has 4 rings (SSSR count). The number of ether oxygens (including phenoxy) is 1. The Morgan fingerprint density at radius 3 is 2.84 bits per heavy atom. The molecular formula is C19H22N4O2. The van der Waals surface area contributed by atoms with Gasteiger partial charge in [0.05, 0.1) is 18.7 Å². The van der Waals surface area contributed by atoms with E-state index < -0.39 is 0 Å². The third kappa shape index (κ3) is 3.35. The number of nitrogens with zero attached hydrogens (tertiary/aromatic N) is 3. The largest absolute Gasteiger partial charge is 0.485 e. The number of piperidine rings is 1. The molecule has 1 saturated heterocycles. The number of carbonyl (C=O) groups is 1. The molecule has 130 valence electrons. The van der Waals surface area contributed by atoms with Crippen molar-refractivity contribution in [1.29, 1.82) is 0 Å². The lowest BCUT2D eigenvalue weighted by atomic mass is 9.91. The lowest BCUT2D eigenvalue weighted by molar-refractivity contribution is 0.00331. The van der Waals surface area contributed by atoms with E-state index in [4.69, 9.17) is 4.74 Å². The molecule has 3 heterocycles. The normalized spacial score (nSPS) is 19.6. The van der Waals surface area contributed by atoms with Crippen molar-refractivity contribution in [2.24, 2.45) is 0 Å². The molecule has 2 aromatic rings. The molecule has 0 saturated carbocycles. The summed E-state index contributed by atoms with van der Waals surface area (Å²) >= 11 is 0. The molecule has 0 unspecified atom stereocenters. The van der Waals surface area contributed by atoms with E-state index in [9.17, 15) is 4.79 Å². The molecule has 1 fully saturated rings. The number of hydrogen-bond acceptors (Lipinski definition) is 5. The number of amides is 1. The smallest absolute Gasteiger partial charge is 0.255 e. The number of rotatable bonds is 2. The molecule has 1 N–H and O–H groups in total. The van der Waals surface area contributed by atoms with Gasteiger partial charge < -0.3 is 10.1 Å². The van der Waals surface area contributed by atoms with Crippen molar-refractivity contribution >= 4 is 5.91 Å². The molecule has 25 heavy (non-hydrogen) atoms. The third-order valence-corrected chi connectivity index (χ3v) is 5.01. The first kappa shape index (κ1) is 16.0. The van der Waals surface area contributed by atoms with Gasteiger partial charge in [-0.3, -0.25) is 9.69 Å². The zero-order valence-electron chi connectivity index (χ0n) is 14.4. The lowest BCUT2D eigenvalue weighted by Crippen LogP contribution is -2.53. The summed E-state index contributed by atoms with van der Waals surface area (Å²) in [4.78, 5) is 23.4. The van der Waals surface area contributed by atoms with Crippen LogP contribution in [0.5, 0.6) is 5.75 Å². The van der Waals surface area contributed by atoms with Crippen LogP contribution in [-0.2, 0) is 6.54 Å². The van der Waals surface area contributed by atoms with E-state index in [-0.39, 0.29) is 11.5 Å². The number of fused-ring (bicyclic) bond motifs is 1. The number of likely N-dealkylation sites (tertiary alicyclic amines) is 1. The Labute approximate surface area is 147 Å². The highest BCUT2D eigenvalue weighted by atomic mass is 16.5. The van der Waals surface area contributed by atoms with Gasteiger partial charge in [-0.2, -0.15) is 0 Å². The van der Waals surface area contributed by atoms with Crippen LogP contribution < -0.4 is 10.1 Å². The van der Waals surface area contributed by atoms with Crippen molar-refractivity contribution in [3.8, 4) is 5.75 Å². The van der Waals surface area contributed by atoms with Crippen LogP contribution in [0.15, 0.2) is 36.5 Å². The Morgan fingerprint density at radius 2 is 2.04 bits per heavy atom. The average Bonchev–Trinajstić information content (AvgIpc) is 2.75. The maximum Gasteiger partial charge on any atom is 0.255 e. The van der Waals surface area contributed by atoms with Gasteiger partial charge in [-0.25, -0.2) is 9.97 Å². The summed E-state index contributed by atoms with van der Waals surface area (Å²) in [5.41, 5.74) is 1.28. The summed E-state index contributed by atoms with van der Waals surface area (Å²) in [6, 6.07) is 9.39. The van der Waals surface area contributed by atoms with Crippen LogP contribution >= 0.6 is 0 Å². The minimum Gasteiger partial charge on any atom is -0.485 e. The van der Waals surface area contributed by atoms with Crippen LogP contribution in [0, 0.1) is 6.92 Å². The summed E-state index contributed by atoms with van der Waals surface area (Å²) in [5.74, 6) is 1.49. The molecule has 0 radical (unpaired) electrons. The number of aryl methyl sites for hydroxylation is 1. The molecule has 6 nitrogen and oxygen atoms in total. The quantitative estimate of drug-likeness (QED) is 0.906. The molecule has 1 aromatic carbocycles. The predicted octanol–water partition coefficient (Wildman–Crippen LogP) is 1.94. The molecule has 6 heteroatoms. The summed E-state index contributed by atoms with van der Waals surface area (Å²) < 4.78 is 6.33. The summed E-state index contributed by atoms with van der Waals surface area (Å²) in [5, 5.41) is 3.03. The maximum atomic E-state index is 12.3. The first-order chi connectivity index (χ1) is 12.1. The third-order valence-electron chi connectivity index (χ3n) is 5.01. The van der Waals surface area contributed by atoms with Crippen molar-refractivity contribution in [3.63, 3.8) is 0 Å². The topological polar surface area (TPSA) is 67.4 Å². The van der Waals surface area contributed by atoms with Crippen LogP contribution in [0.4, 0.5) is 0 Å². The zero-order valence-corrected chi connectivity index (χ0v) is 14.4. The number of benzene rings is 1. The van der Waals surface area contributed by atoms with E-state index in [1.165, 1.54) is 0 Å². The van der Waals surface area contributed by atoms with Crippen molar-refractivity contribution in [1.82, 2.24) is 20.2 Å². The van der Waals surface area contributed by atoms with Gasteiger partial charge in [0.15, 0.2) is 0 Å². The minimum atomic E-state index is -0.327. The molecule has 0 atom stereocenters. The molecule has 2 aliphatic rings. The van der Waals surface area contributed by atoms with E-state index in [0.717, 1.165) is 44.0 Å². The van der Waals surface area contributed by atoms with Crippen LogP contribution in [0.25, 0.3) is 0 Å². The Balaban J connectivity index is 1.45. The second-order valence-corrected chi connectivity index (χ2v) is 6.85. The fraction of sp³-hybridized carbons (Fsp3) is 0.421. The van der Waals surface area contributed by atoms with Gasteiger partial charge in [-0.1, -0.05) is 12.1 Å². The summed E-state index contributed by atoms with van der Waals surface area (Å²) in [6.45, 7) is 5.08. The maximum absolute atomic E-state index is 12.3. The molecule has 0 bridgehead atoms. The van der Waals surface area contributed by atoms with Crippen LogP contribution in [0.1, 0.15) is 34.7 Å². The number of carbonyl (C=O) groups excluding carboxylic acids is 1. The highest BCUT2D eigenvalue weighted by Gasteiger charge is 2.39. The average molecular weight is 338 g/mol. The summed E-state index contributed by atoms with van der Waals surface area (Å²) in [6.07, 6.45) is 3.55. The van der Waals surface area contributed by atoms with Gasteiger partial charge in [0.2, 0.25) is 0 Å². The second kappa shape index (κ2) is 6.44. The fourth-order valence-electron chi connectivity index (χ4n) is 3.52. The van der Waals surface area contributed by atoms with Crippen LogP contribution in [0.2, 0.25) is 0 Å². The van der Waals surface area contributed by atoms with Crippen LogP contribution in [0.3, 0.4) is 0 Å². The van der Waals surface area contributed by atoms with E-state index in [1.54, 1.807) is 0 Å². The van der Waals surface area contributed by atoms with E-state index in [1.807, 2.05) is 43.5 Å². The van der Waals surface area contributed by atoms with Crippen molar-refractivity contribution in [2.45, 2.75) is 31.9 Å². The number of aromatic nitrogens is 2. The van der Waals surface area contributed by atoms with Crippen LogP contribution in [-0.4, -0.2) is 46.0 Å². The minimum absolute atomic E-state index is 0.0527. The van der Waals surface area contributed by atoms with Crippen molar-refractivity contribution in [2.75, 3.05) is 19.6 Å².